The van der Waals surface area contributed by atoms with Gasteiger partial charge in [0.05, 0.1) is 18.9 Å². The molecule has 2 unspecified atom stereocenters. The quantitative estimate of drug-likeness (QED) is 0.751. The Bertz CT molecular complexity index is 1050. The Hall–Kier alpha value is -3.54. The van der Waals surface area contributed by atoms with Crippen LogP contribution < -0.4 is 9.47 Å². The highest BCUT2D eigenvalue weighted by molar-refractivity contribution is 6.02. The van der Waals surface area contributed by atoms with Crippen LogP contribution in [0.25, 0.3) is 0 Å². The number of hydrogen-bond acceptors (Lipinski definition) is 6. The van der Waals surface area contributed by atoms with E-state index < -0.39 is 0 Å². The van der Waals surface area contributed by atoms with Crippen LogP contribution in [0.1, 0.15) is 35.4 Å². The maximum Gasteiger partial charge on any atom is 0.215 e. The van der Waals surface area contributed by atoms with Crippen LogP contribution in [0.4, 0.5) is 0 Å². The molecule has 6 heteroatoms. The van der Waals surface area contributed by atoms with Crippen molar-refractivity contribution in [3.05, 3.63) is 83.7 Å². The highest BCUT2D eigenvalue weighted by Gasteiger charge is 2.40. The van der Waals surface area contributed by atoms with Crippen LogP contribution in [-0.4, -0.2) is 27.9 Å². The zero-order chi connectivity index (χ0) is 19.1. The number of phenolic OH excluding ortho intramolecular Hbond substituents is 1. The molecule has 3 heterocycles. The normalized spacial score (nSPS) is 20.0. The lowest BCUT2D eigenvalue weighted by atomic mass is 9.96. The second kappa shape index (κ2) is 6.56. The summed E-state index contributed by atoms with van der Waals surface area (Å²) in [6.07, 6.45) is 3.96. The van der Waals surface area contributed by atoms with Crippen LogP contribution >= 0.6 is 0 Å². The average molecular weight is 373 g/mol. The fourth-order valence-electron chi connectivity index (χ4n) is 3.81. The Morgan fingerprint density at radius 3 is 2.86 bits per heavy atom. The van der Waals surface area contributed by atoms with Gasteiger partial charge in [0.25, 0.3) is 0 Å². The van der Waals surface area contributed by atoms with Gasteiger partial charge in [-0.3, -0.25) is 4.98 Å². The van der Waals surface area contributed by atoms with Crippen LogP contribution in [0.5, 0.6) is 17.2 Å². The van der Waals surface area contributed by atoms with Gasteiger partial charge in [-0.05, 0) is 30.3 Å². The van der Waals surface area contributed by atoms with Crippen molar-refractivity contribution in [3.8, 4) is 17.2 Å². The van der Waals surface area contributed by atoms with Crippen molar-refractivity contribution >= 4 is 5.71 Å². The summed E-state index contributed by atoms with van der Waals surface area (Å²) in [5.41, 5.74) is 3.92. The molecule has 1 aromatic heterocycles. The Kier molecular flexibility index (Phi) is 3.90. The lowest BCUT2D eigenvalue weighted by molar-refractivity contribution is -0.0192. The summed E-state index contributed by atoms with van der Waals surface area (Å²) in [5.74, 6) is 1.42. The monoisotopic (exact) mass is 373 g/mol. The van der Waals surface area contributed by atoms with Gasteiger partial charge >= 0.3 is 0 Å². The first-order chi connectivity index (χ1) is 13.7. The van der Waals surface area contributed by atoms with Gasteiger partial charge in [0.2, 0.25) is 6.23 Å². The van der Waals surface area contributed by atoms with E-state index in [9.17, 15) is 5.11 Å². The second-order valence-electron chi connectivity index (χ2n) is 6.83. The van der Waals surface area contributed by atoms with Gasteiger partial charge in [0.1, 0.15) is 5.75 Å². The molecule has 2 aliphatic rings. The van der Waals surface area contributed by atoms with E-state index in [1.807, 2.05) is 53.7 Å². The minimum absolute atomic E-state index is 0.0740. The van der Waals surface area contributed by atoms with Crippen molar-refractivity contribution < 1.29 is 14.6 Å². The molecular formula is C22H19N3O3. The molecule has 1 N–H and O–H groups in total. The minimum Gasteiger partial charge on any atom is -0.504 e. The first kappa shape index (κ1) is 16.6. The van der Waals surface area contributed by atoms with E-state index >= 15 is 0 Å². The molecule has 0 saturated carbocycles. The molecule has 28 heavy (non-hydrogen) atoms. The molecule has 2 aliphatic heterocycles. The molecule has 0 fully saturated rings. The van der Waals surface area contributed by atoms with E-state index in [-0.39, 0.29) is 18.0 Å². The van der Waals surface area contributed by atoms with Crippen LogP contribution in [0.2, 0.25) is 0 Å². The summed E-state index contributed by atoms with van der Waals surface area (Å²) in [5, 5.41) is 16.8. The van der Waals surface area contributed by atoms with Gasteiger partial charge in [-0.15, -0.1) is 0 Å². The first-order valence-electron chi connectivity index (χ1n) is 9.13. The van der Waals surface area contributed by atoms with Crippen LogP contribution in [0.3, 0.4) is 0 Å². The zero-order valence-corrected chi connectivity index (χ0v) is 15.3. The Labute approximate surface area is 162 Å². The second-order valence-corrected chi connectivity index (χ2v) is 6.83. The van der Waals surface area contributed by atoms with Crippen molar-refractivity contribution in [2.24, 2.45) is 5.10 Å². The van der Waals surface area contributed by atoms with Crippen molar-refractivity contribution in [1.82, 2.24) is 9.99 Å². The number of aromatic hydroxyl groups is 1. The van der Waals surface area contributed by atoms with E-state index in [2.05, 4.69) is 11.1 Å². The SMILES string of the molecule is COc1cc(C2=NN3C(C2)c2ccccc2OC3c2cccnc2)ccc1O. The summed E-state index contributed by atoms with van der Waals surface area (Å²) in [6.45, 7) is 0. The summed E-state index contributed by atoms with van der Waals surface area (Å²) in [6, 6.07) is 17.4. The number of para-hydroxylation sites is 1. The van der Waals surface area contributed by atoms with Crippen LogP contribution in [0.15, 0.2) is 72.1 Å². The highest BCUT2D eigenvalue weighted by atomic mass is 16.5. The number of rotatable bonds is 3. The zero-order valence-electron chi connectivity index (χ0n) is 15.3. The van der Waals surface area contributed by atoms with Gasteiger partial charge in [0.15, 0.2) is 11.5 Å². The number of hydrogen-bond donors (Lipinski definition) is 1. The third-order valence-electron chi connectivity index (χ3n) is 5.18. The standard InChI is InChI=1S/C22H19N3O3/c1-27-21-11-14(8-9-19(21)26)17-12-18-16-6-2-3-7-20(16)28-22(25(18)24-17)15-5-4-10-23-13-15/h2-11,13,18,22,26H,12H2,1H3. The Balaban J connectivity index is 1.58. The molecule has 2 atom stereocenters. The lowest BCUT2D eigenvalue weighted by Crippen LogP contribution is -2.33. The molecule has 140 valence electrons. The predicted molar refractivity (Wildman–Crippen MR) is 104 cm³/mol. The molecular weight excluding hydrogens is 354 g/mol. The largest absolute Gasteiger partial charge is 0.504 e. The Morgan fingerprint density at radius 1 is 1.14 bits per heavy atom. The topological polar surface area (TPSA) is 67.2 Å². The van der Waals surface area contributed by atoms with E-state index in [1.165, 1.54) is 0 Å². The molecule has 0 spiro atoms. The van der Waals surface area contributed by atoms with E-state index in [0.717, 1.165) is 34.6 Å². The van der Waals surface area contributed by atoms with Crippen molar-refractivity contribution in [1.29, 1.82) is 0 Å². The molecule has 6 nitrogen and oxygen atoms in total. The first-order valence-corrected chi connectivity index (χ1v) is 9.13. The number of methoxy groups -OCH3 is 1. The maximum absolute atomic E-state index is 9.90. The predicted octanol–water partition coefficient (Wildman–Crippen LogP) is 4.04. The Morgan fingerprint density at radius 2 is 2.04 bits per heavy atom. The number of phenols is 1. The summed E-state index contributed by atoms with van der Waals surface area (Å²) in [4.78, 5) is 4.24. The number of aromatic nitrogens is 1. The molecule has 5 rings (SSSR count). The number of hydrazone groups is 1. The van der Waals surface area contributed by atoms with Crippen molar-refractivity contribution in [3.63, 3.8) is 0 Å². The van der Waals surface area contributed by atoms with E-state index in [1.54, 1.807) is 19.4 Å². The number of fused-ring (bicyclic) bond motifs is 3. The number of benzene rings is 2. The average Bonchev–Trinajstić information content (AvgIpc) is 3.20. The van der Waals surface area contributed by atoms with E-state index in [0.29, 0.717) is 5.75 Å². The molecule has 0 amide bonds. The molecule has 0 saturated heterocycles. The fraction of sp³-hybridized carbons (Fsp3) is 0.182. The van der Waals surface area contributed by atoms with Gasteiger partial charge in [0, 0.05) is 35.5 Å². The molecule has 2 aromatic carbocycles. The van der Waals surface area contributed by atoms with Gasteiger partial charge in [-0.25, -0.2) is 5.01 Å². The van der Waals surface area contributed by atoms with Gasteiger partial charge < -0.3 is 14.6 Å². The summed E-state index contributed by atoms with van der Waals surface area (Å²) < 4.78 is 11.6. The number of nitrogens with zero attached hydrogens (tertiary/aromatic N) is 3. The van der Waals surface area contributed by atoms with Crippen molar-refractivity contribution in [2.75, 3.05) is 7.11 Å². The van der Waals surface area contributed by atoms with Crippen LogP contribution in [-0.2, 0) is 0 Å². The van der Waals surface area contributed by atoms with E-state index in [4.69, 9.17) is 14.6 Å². The van der Waals surface area contributed by atoms with Crippen molar-refractivity contribution in [2.45, 2.75) is 18.7 Å². The highest BCUT2D eigenvalue weighted by Crippen LogP contribution is 2.47. The molecule has 0 aliphatic carbocycles. The fourth-order valence-corrected chi connectivity index (χ4v) is 3.81. The van der Waals surface area contributed by atoms with Gasteiger partial charge in [-0.2, -0.15) is 5.10 Å². The minimum atomic E-state index is -0.342. The van der Waals surface area contributed by atoms with Crippen LogP contribution in [0, 0.1) is 0 Å². The smallest absolute Gasteiger partial charge is 0.215 e. The third kappa shape index (κ3) is 2.65. The molecule has 0 bridgehead atoms. The lowest BCUT2D eigenvalue weighted by Gasteiger charge is -2.38. The summed E-state index contributed by atoms with van der Waals surface area (Å²) >= 11 is 0. The molecule has 3 aromatic rings. The molecule has 0 radical (unpaired) electrons. The summed E-state index contributed by atoms with van der Waals surface area (Å²) in [7, 11) is 1.54. The van der Waals surface area contributed by atoms with Gasteiger partial charge in [-0.1, -0.05) is 24.3 Å². The number of pyridine rings is 1. The third-order valence-corrected chi connectivity index (χ3v) is 5.18. The maximum atomic E-state index is 9.90. The number of ether oxygens (including phenoxy) is 2.